The first-order valence-corrected chi connectivity index (χ1v) is 6.68. The number of hydrogen-bond donors (Lipinski definition) is 2. The number of nitrogens with zero attached hydrogens (tertiary/aromatic N) is 2. The highest BCUT2D eigenvalue weighted by Gasteiger charge is 2.15. The molecule has 0 amide bonds. The highest BCUT2D eigenvalue weighted by atomic mass is 32.2. The van der Waals surface area contributed by atoms with E-state index in [1.54, 1.807) is 6.07 Å². The zero-order valence-corrected chi connectivity index (χ0v) is 10.4. The summed E-state index contributed by atoms with van der Waals surface area (Å²) in [6, 6.07) is 5.64. The van der Waals surface area contributed by atoms with Gasteiger partial charge in [0, 0.05) is 18.3 Å². The minimum Gasteiger partial charge on any atom is -0.284 e. The van der Waals surface area contributed by atoms with Gasteiger partial charge in [-0.25, -0.2) is 17.5 Å². The quantitative estimate of drug-likeness (QED) is 0.869. The van der Waals surface area contributed by atoms with Crippen LogP contribution < -0.4 is 4.72 Å². The summed E-state index contributed by atoms with van der Waals surface area (Å²) in [4.78, 5) is -0.0263. The topological polar surface area (TPSA) is 98.6 Å². The summed E-state index contributed by atoms with van der Waals surface area (Å²) >= 11 is 0. The van der Waals surface area contributed by atoms with E-state index < -0.39 is 15.8 Å². The fraction of sp³-hybridized carbons (Fsp3) is 0.0909. The van der Waals surface area contributed by atoms with Gasteiger partial charge in [-0.05, 0) is 12.1 Å². The molecule has 19 heavy (non-hydrogen) atoms. The summed E-state index contributed by atoms with van der Waals surface area (Å²) in [7, 11) is -3.72. The van der Waals surface area contributed by atoms with Crippen LogP contribution in [-0.4, -0.2) is 18.6 Å². The van der Waals surface area contributed by atoms with Gasteiger partial charge in [-0.15, -0.1) is 0 Å². The lowest BCUT2D eigenvalue weighted by Gasteiger charge is -2.06. The van der Waals surface area contributed by atoms with E-state index in [1.807, 2.05) is 0 Å². The van der Waals surface area contributed by atoms with Crippen LogP contribution in [0.4, 0.5) is 4.39 Å². The van der Waals surface area contributed by atoms with Crippen molar-refractivity contribution >= 4 is 10.0 Å². The second-order valence-corrected chi connectivity index (χ2v) is 5.44. The zero-order chi connectivity index (χ0) is 13.9. The van der Waals surface area contributed by atoms with E-state index in [9.17, 15) is 12.8 Å². The minimum absolute atomic E-state index is 0.0263. The third kappa shape index (κ3) is 2.96. The second kappa shape index (κ2) is 5.17. The fourth-order valence-corrected chi connectivity index (χ4v) is 2.31. The van der Waals surface area contributed by atoms with Gasteiger partial charge in [-0.2, -0.15) is 10.4 Å². The molecule has 0 radical (unpaired) electrons. The molecule has 0 unspecified atom stereocenters. The first-order chi connectivity index (χ1) is 9.03. The standard InChI is InChI=1S/C11H9FN4O2S/c12-11-3-8(4-13)1-2-9(11)5-16-19(17,18)10-6-14-15-7-10/h1-3,6-7,16H,5H2,(H,14,15). The van der Waals surface area contributed by atoms with E-state index in [0.717, 1.165) is 12.3 Å². The third-order valence-electron chi connectivity index (χ3n) is 2.42. The van der Waals surface area contributed by atoms with Crippen molar-refractivity contribution in [1.82, 2.24) is 14.9 Å². The van der Waals surface area contributed by atoms with E-state index in [-0.39, 0.29) is 22.6 Å². The lowest BCUT2D eigenvalue weighted by molar-refractivity contribution is 0.574. The molecule has 0 fully saturated rings. The number of halogens is 1. The van der Waals surface area contributed by atoms with Crippen molar-refractivity contribution in [2.75, 3.05) is 0 Å². The summed E-state index contributed by atoms with van der Waals surface area (Å²) in [6.07, 6.45) is 2.37. The molecule has 0 spiro atoms. The summed E-state index contributed by atoms with van der Waals surface area (Å²) < 4.78 is 39.3. The first-order valence-electron chi connectivity index (χ1n) is 5.20. The Hall–Kier alpha value is -2.24. The number of benzene rings is 1. The summed E-state index contributed by atoms with van der Waals surface area (Å²) in [5.74, 6) is -0.631. The van der Waals surface area contributed by atoms with E-state index in [2.05, 4.69) is 14.9 Å². The molecule has 0 bridgehead atoms. The highest BCUT2D eigenvalue weighted by Crippen LogP contribution is 2.11. The number of nitriles is 1. The van der Waals surface area contributed by atoms with Crippen molar-refractivity contribution in [3.63, 3.8) is 0 Å². The van der Waals surface area contributed by atoms with Crippen LogP contribution >= 0.6 is 0 Å². The van der Waals surface area contributed by atoms with Gasteiger partial charge in [0.05, 0.1) is 17.8 Å². The monoisotopic (exact) mass is 280 g/mol. The Labute approximate surface area is 108 Å². The van der Waals surface area contributed by atoms with Gasteiger partial charge in [0.25, 0.3) is 0 Å². The van der Waals surface area contributed by atoms with Gasteiger partial charge in [-0.3, -0.25) is 5.10 Å². The van der Waals surface area contributed by atoms with Crippen LogP contribution in [0.1, 0.15) is 11.1 Å². The van der Waals surface area contributed by atoms with Crippen molar-refractivity contribution in [1.29, 1.82) is 5.26 Å². The van der Waals surface area contributed by atoms with E-state index >= 15 is 0 Å². The molecule has 2 rings (SSSR count). The Bertz CT molecular complexity index is 720. The molecule has 0 aliphatic heterocycles. The minimum atomic E-state index is -3.72. The van der Waals surface area contributed by atoms with Gasteiger partial charge >= 0.3 is 0 Å². The molecule has 8 heteroatoms. The number of aromatic nitrogens is 2. The maximum atomic E-state index is 13.6. The van der Waals surface area contributed by atoms with E-state index in [4.69, 9.17) is 5.26 Å². The zero-order valence-electron chi connectivity index (χ0n) is 9.59. The predicted molar refractivity (Wildman–Crippen MR) is 63.7 cm³/mol. The van der Waals surface area contributed by atoms with Crippen molar-refractivity contribution in [2.24, 2.45) is 0 Å². The smallest absolute Gasteiger partial charge is 0.243 e. The average molecular weight is 280 g/mol. The van der Waals surface area contributed by atoms with Gasteiger partial charge in [-0.1, -0.05) is 6.07 Å². The molecule has 0 aliphatic carbocycles. The van der Waals surface area contributed by atoms with E-state index in [0.29, 0.717) is 0 Å². The van der Waals surface area contributed by atoms with Crippen LogP contribution in [0.15, 0.2) is 35.5 Å². The maximum Gasteiger partial charge on any atom is 0.243 e. The predicted octanol–water partition coefficient (Wildman–Crippen LogP) is 0.899. The number of sulfonamides is 1. The van der Waals surface area contributed by atoms with Crippen LogP contribution in [-0.2, 0) is 16.6 Å². The van der Waals surface area contributed by atoms with Crippen LogP contribution in [0.2, 0.25) is 0 Å². The van der Waals surface area contributed by atoms with Crippen LogP contribution in [0.25, 0.3) is 0 Å². The molecule has 2 N–H and O–H groups in total. The fourth-order valence-electron chi connectivity index (χ4n) is 1.40. The highest BCUT2D eigenvalue weighted by molar-refractivity contribution is 7.89. The van der Waals surface area contributed by atoms with Crippen molar-refractivity contribution in [3.05, 3.63) is 47.5 Å². The molecule has 0 saturated carbocycles. The molecule has 0 atom stereocenters. The van der Waals surface area contributed by atoms with E-state index in [1.165, 1.54) is 18.3 Å². The van der Waals surface area contributed by atoms with Crippen LogP contribution in [0.3, 0.4) is 0 Å². The molecule has 6 nitrogen and oxygen atoms in total. The molecular formula is C11H9FN4O2S. The van der Waals surface area contributed by atoms with Gasteiger partial charge < -0.3 is 0 Å². The third-order valence-corrected chi connectivity index (χ3v) is 3.79. The summed E-state index contributed by atoms with van der Waals surface area (Å²) in [5.41, 5.74) is 0.338. The number of rotatable bonds is 4. The van der Waals surface area contributed by atoms with Gasteiger partial charge in [0.1, 0.15) is 10.7 Å². The van der Waals surface area contributed by atoms with Crippen molar-refractivity contribution in [3.8, 4) is 6.07 Å². The number of nitrogens with one attached hydrogen (secondary N) is 2. The Morgan fingerprint density at radius 3 is 2.84 bits per heavy atom. The molecule has 1 heterocycles. The number of hydrogen-bond acceptors (Lipinski definition) is 4. The van der Waals surface area contributed by atoms with Gasteiger partial charge in [0.15, 0.2) is 0 Å². The molecule has 98 valence electrons. The SMILES string of the molecule is N#Cc1ccc(CNS(=O)(=O)c2cn[nH]c2)c(F)c1. The Balaban J connectivity index is 2.14. The largest absolute Gasteiger partial charge is 0.284 e. The molecule has 2 aromatic rings. The Morgan fingerprint density at radius 2 is 2.26 bits per heavy atom. The number of H-pyrrole nitrogens is 1. The van der Waals surface area contributed by atoms with Gasteiger partial charge in [0.2, 0.25) is 10.0 Å². The van der Waals surface area contributed by atoms with Crippen LogP contribution in [0.5, 0.6) is 0 Å². The second-order valence-electron chi connectivity index (χ2n) is 3.68. The maximum absolute atomic E-state index is 13.6. The van der Waals surface area contributed by atoms with Crippen molar-refractivity contribution in [2.45, 2.75) is 11.4 Å². The summed E-state index contributed by atoms with van der Waals surface area (Å²) in [6.45, 7) is -0.203. The average Bonchev–Trinajstić information content (AvgIpc) is 2.92. The van der Waals surface area contributed by atoms with Crippen LogP contribution in [0, 0.1) is 17.1 Å². The lowest BCUT2D eigenvalue weighted by atomic mass is 10.1. The first kappa shape index (κ1) is 13.2. The molecule has 1 aromatic heterocycles. The molecule has 0 saturated heterocycles. The molecule has 1 aromatic carbocycles. The molecule has 0 aliphatic rings. The lowest BCUT2D eigenvalue weighted by Crippen LogP contribution is -2.23. The normalized spacial score (nSPS) is 11.2. The Kier molecular flexibility index (Phi) is 3.59. The Morgan fingerprint density at radius 1 is 1.47 bits per heavy atom. The molecular weight excluding hydrogens is 271 g/mol. The number of aromatic amines is 1. The van der Waals surface area contributed by atoms with Crippen molar-refractivity contribution < 1.29 is 12.8 Å². The summed E-state index contributed by atoms with van der Waals surface area (Å²) in [5, 5.41) is 14.5.